The summed E-state index contributed by atoms with van der Waals surface area (Å²) in [5, 5.41) is 11.2. The Hall–Kier alpha value is -2.44. The van der Waals surface area contributed by atoms with Crippen LogP contribution in [0.4, 0.5) is 10.1 Å². The molecule has 2 rings (SSSR count). The highest BCUT2D eigenvalue weighted by Crippen LogP contribution is 2.33. The van der Waals surface area contributed by atoms with Gasteiger partial charge in [-0.05, 0) is 17.7 Å². The van der Waals surface area contributed by atoms with Gasteiger partial charge < -0.3 is 15.3 Å². The minimum atomic E-state index is -1.00. The lowest BCUT2D eigenvalue weighted by Crippen LogP contribution is -2.37. The molecule has 0 fully saturated rings. The van der Waals surface area contributed by atoms with Crippen LogP contribution in [0.3, 0.4) is 0 Å². The number of nitrogens with zero attached hydrogens (tertiary/aromatic N) is 1. The van der Waals surface area contributed by atoms with Gasteiger partial charge in [0.2, 0.25) is 11.8 Å². The molecule has 7 heteroatoms. The van der Waals surface area contributed by atoms with Crippen LogP contribution in [0.1, 0.15) is 24.3 Å². The number of nitrogens with one attached hydrogen (secondary N) is 1. The Bertz CT molecular complexity index is 603. The fourth-order valence-corrected chi connectivity index (χ4v) is 2.30. The number of hydrogen-bond donors (Lipinski definition) is 2. The average Bonchev–Trinajstić information content (AvgIpc) is 2.42. The molecule has 0 bridgehead atoms. The zero-order chi connectivity index (χ0) is 15.6. The normalized spacial score (nSPS) is 16.9. The van der Waals surface area contributed by atoms with Gasteiger partial charge in [-0.15, -0.1) is 0 Å². The van der Waals surface area contributed by atoms with Crippen molar-refractivity contribution >= 4 is 23.5 Å². The van der Waals surface area contributed by atoms with Gasteiger partial charge in [-0.3, -0.25) is 14.4 Å². The molecule has 1 heterocycles. The van der Waals surface area contributed by atoms with Crippen molar-refractivity contribution in [2.45, 2.75) is 18.8 Å². The quantitative estimate of drug-likeness (QED) is 0.873. The number of carbonyl (C=O) groups excluding carboxylic acids is 2. The summed E-state index contributed by atoms with van der Waals surface area (Å²) < 4.78 is 13.2. The van der Waals surface area contributed by atoms with Crippen molar-refractivity contribution in [2.24, 2.45) is 0 Å². The molecule has 2 amide bonds. The second-order valence-corrected chi connectivity index (χ2v) is 4.94. The molecule has 0 saturated heterocycles. The Kier molecular flexibility index (Phi) is 4.21. The average molecular weight is 294 g/mol. The van der Waals surface area contributed by atoms with Crippen molar-refractivity contribution in [3.63, 3.8) is 0 Å². The minimum Gasteiger partial charge on any atom is -0.481 e. The van der Waals surface area contributed by atoms with Crippen LogP contribution in [-0.2, 0) is 14.4 Å². The SMILES string of the molecule is CN(CCC(=O)O)C(=O)C1CC(=O)Nc2cc(F)ccc21. The van der Waals surface area contributed by atoms with Gasteiger partial charge in [0.25, 0.3) is 0 Å². The molecule has 1 aliphatic rings. The molecule has 0 aromatic heterocycles. The van der Waals surface area contributed by atoms with E-state index in [4.69, 9.17) is 5.11 Å². The molecule has 21 heavy (non-hydrogen) atoms. The number of halogens is 1. The van der Waals surface area contributed by atoms with Crippen molar-refractivity contribution < 1.29 is 23.9 Å². The number of carboxylic acid groups (broad SMARTS) is 1. The van der Waals surface area contributed by atoms with Gasteiger partial charge in [-0.25, -0.2) is 4.39 Å². The number of rotatable bonds is 4. The number of carbonyl (C=O) groups is 3. The number of anilines is 1. The van der Waals surface area contributed by atoms with Crippen molar-refractivity contribution in [1.82, 2.24) is 4.90 Å². The molecule has 1 aliphatic heterocycles. The topological polar surface area (TPSA) is 86.7 Å². The van der Waals surface area contributed by atoms with Gasteiger partial charge in [-0.1, -0.05) is 6.07 Å². The summed E-state index contributed by atoms with van der Waals surface area (Å²) in [6, 6.07) is 3.87. The lowest BCUT2D eigenvalue weighted by Gasteiger charge is -2.28. The molecular formula is C14H15FN2O4. The van der Waals surface area contributed by atoms with Gasteiger partial charge >= 0.3 is 5.97 Å². The van der Waals surface area contributed by atoms with E-state index in [1.807, 2.05) is 0 Å². The minimum absolute atomic E-state index is 0.0329. The lowest BCUT2D eigenvalue weighted by molar-refractivity contribution is -0.139. The summed E-state index contributed by atoms with van der Waals surface area (Å²) in [7, 11) is 1.49. The van der Waals surface area contributed by atoms with E-state index in [1.54, 1.807) is 0 Å². The standard InChI is InChI=1S/C14H15FN2O4/c1-17(5-4-13(19)20)14(21)10-7-12(18)16-11-6-8(15)2-3-9(10)11/h2-3,6,10H,4-5,7H2,1H3,(H,16,18)(H,19,20). The number of fused-ring (bicyclic) bond motifs is 1. The third kappa shape index (κ3) is 3.36. The van der Waals surface area contributed by atoms with Crippen LogP contribution in [0.5, 0.6) is 0 Å². The van der Waals surface area contributed by atoms with Crippen LogP contribution < -0.4 is 5.32 Å². The van der Waals surface area contributed by atoms with E-state index in [0.717, 1.165) is 0 Å². The van der Waals surface area contributed by atoms with Crippen LogP contribution in [-0.4, -0.2) is 41.4 Å². The van der Waals surface area contributed by atoms with Crippen molar-refractivity contribution in [1.29, 1.82) is 0 Å². The lowest BCUT2D eigenvalue weighted by atomic mass is 9.89. The molecular weight excluding hydrogens is 279 g/mol. The maximum atomic E-state index is 13.2. The summed E-state index contributed by atoms with van der Waals surface area (Å²) in [4.78, 5) is 35.8. The Morgan fingerprint density at radius 2 is 2.19 bits per heavy atom. The van der Waals surface area contributed by atoms with Gasteiger partial charge in [0.15, 0.2) is 0 Å². The Balaban J connectivity index is 2.22. The molecule has 0 aliphatic carbocycles. The largest absolute Gasteiger partial charge is 0.481 e. The number of carboxylic acids is 1. The molecule has 0 saturated carbocycles. The zero-order valence-electron chi connectivity index (χ0n) is 11.4. The van der Waals surface area contributed by atoms with E-state index in [1.165, 1.54) is 30.1 Å². The molecule has 1 aromatic rings. The first-order valence-corrected chi connectivity index (χ1v) is 6.44. The first-order chi connectivity index (χ1) is 9.88. The third-order valence-corrected chi connectivity index (χ3v) is 3.39. The van der Waals surface area contributed by atoms with Crippen molar-refractivity contribution in [3.8, 4) is 0 Å². The van der Waals surface area contributed by atoms with E-state index in [9.17, 15) is 18.8 Å². The molecule has 0 radical (unpaired) electrons. The number of aliphatic carboxylic acids is 1. The molecule has 6 nitrogen and oxygen atoms in total. The molecule has 1 aromatic carbocycles. The van der Waals surface area contributed by atoms with Gasteiger partial charge in [0.1, 0.15) is 5.82 Å². The number of likely N-dealkylation sites (N-methyl/N-ethyl adjacent to an activating group) is 1. The third-order valence-electron chi connectivity index (χ3n) is 3.39. The summed E-state index contributed by atoms with van der Waals surface area (Å²) in [5.41, 5.74) is 0.833. The fraction of sp³-hybridized carbons (Fsp3) is 0.357. The fourth-order valence-electron chi connectivity index (χ4n) is 2.30. The number of benzene rings is 1. The zero-order valence-corrected chi connectivity index (χ0v) is 11.4. The van der Waals surface area contributed by atoms with E-state index in [2.05, 4.69) is 5.32 Å². The predicted molar refractivity (Wildman–Crippen MR) is 72.3 cm³/mol. The van der Waals surface area contributed by atoms with Crippen LogP contribution in [0.2, 0.25) is 0 Å². The molecule has 1 atom stereocenters. The predicted octanol–water partition coefficient (Wildman–Crippen LogP) is 1.18. The summed E-state index contributed by atoms with van der Waals surface area (Å²) in [6.07, 6.45) is -0.202. The second-order valence-electron chi connectivity index (χ2n) is 4.94. The molecule has 0 spiro atoms. The monoisotopic (exact) mass is 294 g/mol. The van der Waals surface area contributed by atoms with Crippen molar-refractivity contribution in [3.05, 3.63) is 29.6 Å². The van der Waals surface area contributed by atoms with Crippen LogP contribution in [0.15, 0.2) is 18.2 Å². The molecule has 112 valence electrons. The van der Waals surface area contributed by atoms with E-state index < -0.39 is 17.7 Å². The van der Waals surface area contributed by atoms with Crippen LogP contribution in [0.25, 0.3) is 0 Å². The van der Waals surface area contributed by atoms with E-state index in [0.29, 0.717) is 5.56 Å². The first kappa shape index (κ1) is 15.0. The summed E-state index contributed by atoms with van der Waals surface area (Å²) in [5.74, 6) is -2.93. The van der Waals surface area contributed by atoms with E-state index in [-0.39, 0.29) is 36.9 Å². The van der Waals surface area contributed by atoms with Crippen LogP contribution >= 0.6 is 0 Å². The maximum absolute atomic E-state index is 13.2. The maximum Gasteiger partial charge on any atom is 0.305 e. The highest BCUT2D eigenvalue weighted by molar-refractivity contribution is 6.01. The second kappa shape index (κ2) is 5.90. The number of hydrogen-bond acceptors (Lipinski definition) is 3. The van der Waals surface area contributed by atoms with Crippen LogP contribution in [0, 0.1) is 5.82 Å². The Labute approximate surface area is 120 Å². The Morgan fingerprint density at radius 1 is 1.48 bits per heavy atom. The highest BCUT2D eigenvalue weighted by Gasteiger charge is 2.32. The smallest absolute Gasteiger partial charge is 0.305 e. The van der Waals surface area contributed by atoms with Gasteiger partial charge in [-0.2, -0.15) is 0 Å². The Morgan fingerprint density at radius 3 is 2.86 bits per heavy atom. The first-order valence-electron chi connectivity index (χ1n) is 6.44. The summed E-state index contributed by atoms with van der Waals surface area (Å²) >= 11 is 0. The number of amides is 2. The molecule has 1 unspecified atom stereocenters. The summed E-state index contributed by atoms with van der Waals surface area (Å²) in [6.45, 7) is 0.0583. The van der Waals surface area contributed by atoms with E-state index >= 15 is 0 Å². The van der Waals surface area contributed by atoms with Crippen molar-refractivity contribution in [2.75, 3.05) is 18.9 Å². The van der Waals surface area contributed by atoms with Gasteiger partial charge in [0, 0.05) is 25.7 Å². The van der Waals surface area contributed by atoms with Gasteiger partial charge in [0.05, 0.1) is 12.3 Å². The highest BCUT2D eigenvalue weighted by atomic mass is 19.1. The molecule has 2 N–H and O–H groups in total.